The van der Waals surface area contributed by atoms with Gasteiger partial charge < -0.3 is 0 Å². The number of carbonyl (C=O) groups is 1. The number of hydrogen-bond acceptors (Lipinski definition) is 2. The highest BCUT2D eigenvalue weighted by Gasteiger charge is 2.22. The normalized spacial score (nSPS) is 22.3. The van der Waals surface area contributed by atoms with E-state index in [9.17, 15) is 4.79 Å². The number of allylic oxidation sites excluding steroid dienone is 2. The van der Waals surface area contributed by atoms with Gasteiger partial charge >= 0.3 is 0 Å². The van der Waals surface area contributed by atoms with Crippen LogP contribution in [0.2, 0.25) is 5.02 Å². The summed E-state index contributed by atoms with van der Waals surface area (Å²) in [5.74, 6) is 0.531. The Morgan fingerprint density at radius 2 is 2.29 bits per heavy atom. The standard InChI is InChI=1S/C11H11ClOS/c1-7-4-8(6-9(13)5-7)11-10(12)2-3-14-11/h2-3,5,8H,4,6H2,1H3. The van der Waals surface area contributed by atoms with Crippen molar-refractivity contribution < 1.29 is 4.79 Å². The fourth-order valence-corrected chi connectivity index (χ4v) is 3.19. The highest BCUT2D eigenvalue weighted by Crippen LogP contribution is 2.38. The van der Waals surface area contributed by atoms with Gasteiger partial charge in [-0.25, -0.2) is 0 Å². The Balaban J connectivity index is 2.26. The predicted octanol–water partition coefficient (Wildman–Crippen LogP) is 3.79. The molecule has 0 fully saturated rings. The molecule has 0 amide bonds. The minimum atomic E-state index is 0.225. The van der Waals surface area contributed by atoms with Crippen LogP contribution in [0.25, 0.3) is 0 Å². The van der Waals surface area contributed by atoms with E-state index < -0.39 is 0 Å². The van der Waals surface area contributed by atoms with E-state index in [1.54, 1.807) is 17.4 Å². The number of ketones is 1. The molecule has 74 valence electrons. The number of carbonyl (C=O) groups excluding carboxylic acids is 1. The maximum atomic E-state index is 11.4. The van der Waals surface area contributed by atoms with Crippen LogP contribution in [0.4, 0.5) is 0 Å². The Morgan fingerprint density at radius 1 is 1.50 bits per heavy atom. The molecule has 0 N–H and O–H groups in total. The smallest absolute Gasteiger partial charge is 0.156 e. The molecule has 0 saturated carbocycles. The average molecular weight is 227 g/mol. The summed E-state index contributed by atoms with van der Waals surface area (Å²) in [5, 5.41) is 2.79. The first-order valence-corrected chi connectivity index (χ1v) is 5.85. The molecule has 1 heterocycles. The average Bonchev–Trinajstić information content (AvgIpc) is 2.49. The lowest BCUT2D eigenvalue weighted by atomic mass is 9.88. The van der Waals surface area contributed by atoms with Gasteiger partial charge in [-0.15, -0.1) is 11.3 Å². The van der Waals surface area contributed by atoms with Crippen molar-refractivity contribution in [3.8, 4) is 0 Å². The third kappa shape index (κ3) is 1.91. The van der Waals surface area contributed by atoms with Crippen LogP contribution in [0.1, 0.15) is 30.6 Å². The van der Waals surface area contributed by atoms with Crippen LogP contribution >= 0.6 is 22.9 Å². The van der Waals surface area contributed by atoms with E-state index in [1.165, 1.54) is 0 Å². The maximum absolute atomic E-state index is 11.4. The largest absolute Gasteiger partial charge is 0.295 e. The number of thiophene rings is 1. The Labute approximate surface area is 92.4 Å². The van der Waals surface area contributed by atoms with Crippen molar-refractivity contribution in [3.63, 3.8) is 0 Å². The SMILES string of the molecule is CC1=CC(=O)CC(c2sccc2Cl)C1. The first-order valence-electron chi connectivity index (χ1n) is 4.59. The van der Waals surface area contributed by atoms with Crippen LogP contribution in [-0.4, -0.2) is 5.78 Å². The zero-order valence-corrected chi connectivity index (χ0v) is 9.49. The molecule has 1 unspecified atom stereocenters. The minimum absolute atomic E-state index is 0.225. The maximum Gasteiger partial charge on any atom is 0.156 e. The molecule has 0 aromatic carbocycles. The van der Waals surface area contributed by atoms with Gasteiger partial charge in [0, 0.05) is 17.2 Å². The van der Waals surface area contributed by atoms with Gasteiger partial charge in [0.05, 0.1) is 5.02 Å². The second kappa shape index (κ2) is 3.87. The first kappa shape index (κ1) is 9.94. The van der Waals surface area contributed by atoms with Crippen molar-refractivity contribution in [3.05, 3.63) is 33.0 Å². The zero-order chi connectivity index (χ0) is 10.1. The molecule has 1 aromatic heterocycles. The van der Waals surface area contributed by atoms with Gasteiger partial charge in [0.15, 0.2) is 5.78 Å². The Bertz CT molecular complexity index is 392. The second-order valence-corrected chi connectivity index (χ2v) is 5.05. The molecular weight excluding hydrogens is 216 g/mol. The summed E-state index contributed by atoms with van der Waals surface area (Å²) in [4.78, 5) is 12.5. The van der Waals surface area contributed by atoms with Crippen LogP contribution < -0.4 is 0 Å². The van der Waals surface area contributed by atoms with E-state index in [1.807, 2.05) is 18.4 Å². The quantitative estimate of drug-likeness (QED) is 0.712. The van der Waals surface area contributed by atoms with Gasteiger partial charge in [-0.05, 0) is 30.9 Å². The summed E-state index contributed by atoms with van der Waals surface area (Å²) in [7, 11) is 0. The molecule has 0 spiro atoms. The van der Waals surface area contributed by atoms with Crippen LogP contribution in [0.3, 0.4) is 0 Å². The highest BCUT2D eigenvalue weighted by atomic mass is 35.5. The molecule has 0 saturated heterocycles. The molecule has 2 rings (SSSR count). The van der Waals surface area contributed by atoms with E-state index in [0.29, 0.717) is 12.3 Å². The van der Waals surface area contributed by atoms with Gasteiger partial charge in [0.1, 0.15) is 0 Å². The molecule has 1 nitrogen and oxygen atoms in total. The van der Waals surface area contributed by atoms with Crippen LogP contribution in [0, 0.1) is 0 Å². The summed E-state index contributed by atoms with van der Waals surface area (Å²) in [6.45, 7) is 2.01. The number of rotatable bonds is 1. The van der Waals surface area contributed by atoms with Crippen LogP contribution in [0.15, 0.2) is 23.1 Å². The summed E-state index contributed by atoms with van der Waals surface area (Å²) >= 11 is 7.70. The topological polar surface area (TPSA) is 17.1 Å². The third-order valence-corrected chi connectivity index (χ3v) is 3.96. The van der Waals surface area contributed by atoms with Gasteiger partial charge in [-0.2, -0.15) is 0 Å². The second-order valence-electron chi connectivity index (χ2n) is 3.69. The molecule has 0 radical (unpaired) electrons. The van der Waals surface area contributed by atoms with Crippen molar-refractivity contribution in [2.75, 3.05) is 0 Å². The summed E-state index contributed by atoms with van der Waals surface area (Å²) in [5.41, 5.74) is 1.16. The van der Waals surface area contributed by atoms with E-state index >= 15 is 0 Å². The van der Waals surface area contributed by atoms with Crippen molar-refractivity contribution in [1.82, 2.24) is 0 Å². The minimum Gasteiger partial charge on any atom is -0.295 e. The van der Waals surface area contributed by atoms with Gasteiger partial charge in [0.2, 0.25) is 0 Å². The number of halogens is 1. The molecule has 1 atom stereocenters. The summed E-state index contributed by atoms with van der Waals surface area (Å²) in [6.07, 6.45) is 3.32. The Morgan fingerprint density at radius 3 is 2.86 bits per heavy atom. The molecule has 14 heavy (non-hydrogen) atoms. The molecule has 1 aliphatic rings. The molecule has 0 aliphatic heterocycles. The predicted molar refractivity (Wildman–Crippen MR) is 60.1 cm³/mol. The third-order valence-electron chi connectivity index (χ3n) is 2.44. The lowest BCUT2D eigenvalue weighted by Crippen LogP contribution is -2.10. The van der Waals surface area contributed by atoms with E-state index in [2.05, 4.69) is 0 Å². The highest BCUT2D eigenvalue weighted by molar-refractivity contribution is 7.10. The van der Waals surface area contributed by atoms with Gasteiger partial charge in [0.25, 0.3) is 0 Å². The molecular formula is C11H11ClOS. The lowest BCUT2D eigenvalue weighted by Gasteiger charge is -2.19. The monoisotopic (exact) mass is 226 g/mol. The fraction of sp³-hybridized carbons (Fsp3) is 0.364. The van der Waals surface area contributed by atoms with Gasteiger partial charge in [-0.1, -0.05) is 17.2 Å². The summed E-state index contributed by atoms with van der Waals surface area (Å²) < 4.78 is 0. The number of hydrogen-bond donors (Lipinski definition) is 0. The molecule has 3 heteroatoms. The van der Waals surface area contributed by atoms with Crippen LogP contribution in [0.5, 0.6) is 0 Å². The van der Waals surface area contributed by atoms with Crippen molar-refractivity contribution in [2.24, 2.45) is 0 Å². The zero-order valence-electron chi connectivity index (χ0n) is 7.92. The molecule has 1 aromatic rings. The molecule has 1 aliphatic carbocycles. The van der Waals surface area contributed by atoms with Crippen molar-refractivity contribution in [2.45, 2.75) is 25.7 Å². The van der Waals surface area contributed by atoms with Crippen molar-refractivity contribution in [1.29, 1.82) is 0 Å². The van der Waals surface area contributed by atoms with Crippen LogP contribution in [-0.2, 0) is 4.79 Å². The Hall–Kier alpha value is -0.600. The molecule has 0 bridgehead atoms. The lowest BCUT2D eigenvalue weighted by molar-refractivity contribution is -0.115. The fourth-order valence-electron chi connectivity index (χ4n) is 1.88. The van der Waals surface area contributed by atoms with Crippen molar-refractivity contribution >= 4 is 28.7 Å². The first-order chi connectivity index (χ1) is 6.66. The van der Waals surface area contributed by atoms with E-state index in [4.69, 9.17) is 11.6 Å². The Kier molecular flexibility index (Phi) is 2.75. The summed E-state index contributed by atoms with van der Waals surface area (Å²) in [6, 6.07) is 1.90. The van der Waals surface area contributed by atoms with E-state index in [0.717, 1.165) is 21.9 Å². The van der Waals surface area contributed by atoms with E-state index in [-0.39, 0.29) is 5.78 Å². The van der Waals surface area contributed by atoms with Gasteiger partial charge in [-0.3, -0.25) is 4.79 Å².